The highest BCUT2D eigenvalue weighted by atomic mass is 79.9. The average Bonchev–Trinajstić information content (AvgIpc) is 2.34. The molecule has 4 heteroatoms. The summed E-state index contributed by atoms with van der Waals surface area (Å²) in [6.07, 6.45) is 3.90. The molecule has 0 amide bonds. The van der Waals surface area contributed by atoms with Crippen molar-refractivity contribution in [3.8, 4) is 0 Å². The lowest BCUT2D eigenvalue weighted by atomic mass is 9.79. The molecule has 0 heterocycles. The van der Waals surface area contributed by atoms with Crippen molar-refractivity contribution >= 4 is 21.9 Å². The molecule has 0 saturated heterocycles. The number of hydrogen-bond acceptors (Lipinski definition) is 1. The second-order valence-electron chi connectivity index (χ2n) is 5.00. The smallest absolute Gasteiger partial charge is 0.306 e. The first-order valence-corrected chi connectivity index (χ1v) is 7.02. The largest absolute Gasteiger partial charge is 0.481 e. The Morgan fingerprint density at radius 2 is 2.00 bits per heavy atom. The third kappa shape index (κ3) is 3.31. The molecule has 0 atom stereocenters. The van der Waals surface area contributed by atoms with Crippen LogP contribution in [0.4, 0.5) is 4.39 Å². The van der Waals surface area contributed by atoms with Crippen LogP contribution in [0.5, 0.6) is 0 Å². The number of carbonyl (C=O) groups is 1. The van der Waals surface area contributed by atoms with E-state index in [0.29, 0.717) is 12.3 Å². The number of carboxylic acids is 1. The van der Waals surface area contributed by atoms with Gasteiger partial charge >= 0.3 is 5.97 Å². The zero-order chi connectivity index (χ0) is 13.1. The molecule has 1 saturated carbocycles. The van der Waals surface area contributed by atoms with Crippen LogP contribution in [0.2, 0.25) is 0 Å². The van der Waals surface area contributed by atoms with Crippen LogP contribution in [-0.4, -0.2) is 11.1 Å². The molecule has 2 nitrogen and oxygen atoms in total. The Labute approximate surface area is 114 Å². The minimum atomic E-state index is -0.693. The van der Waals surface area contributed by atoms with Crippen LogP contribution in [0, 0.1) is 17.7 Å². The van der Waals surface area contributed by atoms with Crippen LogP contribution in [0.1, 0.15) is 31.2 Å². The van der Waals surface area contributed by atoms with E-state index >= 15 is 0 Å². The Balaban J connectivity index is 1.95. The van der Waals surface area contributed by atoms with Gasteiger partial charge in [0.05, 0.1) is 5.92 Å². The summed E-state index contributed by atoms with van der Waals surface area (Å²) in [5.41, 5.74) is 0.725. The van der Waals surface area contributed by atoms with Gasteiger partial charge in [-0.15, -0.1) is 0 Å². The third-order valence-corrected chi connectivity index (χ3v) is 4.21. The molecule has 0 spiro atoms. The molecule has 0 aliphatic heterocycles. The van der Waals surface area contributed by atoms with Crippen LogP contribution < -0.4 is 0 Å². The molecule has 98 valence electrons. The van der Waals surface area contributed by atoms with Crippen LogP contribution in [0.3, 0.4) is 0 Å². The maximum absolute atomic E-state index is 13.6. The van der Waals surface area contributed by atoms with E-state index in [9.17, 15) is 9.18 Å². The summed E-state index contributed by atoms with van der Waals surface area (Å²) in [6, 6.07) is 4.99. The summed E-state index contributed by atoms with van der Waals surface area (Å²) in [5.74, 6) is -0.654. The van der Waals surface area contributed by atoms with E-state index in [1.54, 1.807) is 6.07 Å². The molecule has 18 heavy (non-hydrogen) atoms. The molecule has 1 aliphatic rings. The van der Waals surface area contributed by atoms with Crippen LogP contribution in [-0.2, 0) is 11.2 Å². The van der Waals surface area contributed by atoms with Gasteiger partial charge in [-0.25, -0.2) is 4.39 Å². The zero-order valence-corrected chi connectivity index (χ0v) is 11.6. The fourth-order valence-corrected chi connectivity index (χ4v) is 3.03. The first kappa shape index (κ1) is 13.5. The molecule has 1 aromatic carbocycles. The number of rotatable bonds is 3. The van der Waals surface area contributed by atoms with Gasteiger partial charge in [0, 0.05) is 4.47 Å². The number of benzene rings is 1. The van der Waals surface area contributed by atoms with Gasteiger partial charge in [-0.05, 0) is 61.8 Å². The number of aliphatic carboxylic acids is 1. The van der Waals surface area contributed by atoms with Gasteiger partial charge in [0.25, 0.3) is 0 Å². The summed E-state index contributed by atoms with van der Waals surface area (Å²) in [4.78, 5) is 10.9. The van der Waals surface area contributed by atoms with E-state index in [-0.39, 0.29) is 11.7 Å². The average molecular weight is 315 g/mol. The van der Waals surface area contributed by atoms with Gasteiger partial charge in [-0.1, -0.05) is 15.9 Å². The summed E-state index contributed by atoms with van der Waals surface area (Å²) in [6.45, 7) is 0. The lowest BCUT2D eigenvalue weighted by Gasteiger charge is -2.26. The normalized spacial score (nSPS) is 23.9. The van der Waals surface area contributed by atoms with Gasteiger partial charge in [0.2, 0.25) is 0 Å². The van der Waals surface area contributed by atoms with Gasteiger partial charge in [0.1, 0.15) is 5.82 Å². The van der Waals surface area contributed by atoms with Crippen molar-refractivity contribution < 1.29 is 14.3 Å². The fourth-order valence-electron chi connectivity index (χ4n) is 2.62. The standard InChI is InChI=1S/C14H16BrFO2/c15-12-5-6-13(16)11(8-12)7-9-1-3-10(4-2-9)14(17)18/h5-6,8-10H,1-4,7H2,(H,17,18). The van der Waals surface area contributed by atoms with Gasteiger partial charge < -0.3 is 5.11 Å². The van der Waals surface area contributed by atoms with Gasteiger partial charge in [-0.2, -0.15) is 0 Å². The molecule has 1 fully saturated rings. The van der Waals surface area contributed by atoms with Crippen LogP contribution in [0.15, 0.2) is 22.7 Å². The summed E-state index contributed by atoms with van der Waals surface area (Å²) in [7, 11) is 0. The molecule has 0 unspecified atom stereocenters. The quantitative estimate of drug-likeness (QED) is 0.914. The molecule has 1 N–H and O–H groups in total. The monoisotopic (exact) mass is 314 g/mol. The zero-order valence-electron chi connectivity index (χ0n) is 10.0. The number of carboxylic acid groups (broad SMARTS) is 1. The van der Waals surface area contributed by atoms with Crippen molar-refractivity contribution in [2.24, 2.45) is 11.8 Å². The second kappa shape index (κ2) is 5.83. The molecule has 0 bridgehead atoms. The van der Waals surface area contributed by atoms with Crippen molar-refractivity contribution in [1.29, 1.82) is 0 Å². The molecule has 1 aliphatic carbocycles. The molecule has 0 radical (unpaired) electrons. The summed E-state index contributed by atoms with van der Waals surface area (Å²) >= 11 is 3.35. The first-order chi connectivity index (χ1) is 8.56. The number of halogens is 2. The van der Waals surface area contributed by atoms with Gasteiger partial charge in [0.15, 0.2) is 0 Å². The maximum atomic E-state index is 13.6. The van der Waals surface area contributed by atoms with E-state index in [2.05, 4.69) is 15.9 Å². The van der Waals surface area contributed by atoms with E-state index in [1.807, 2.05) is 6.07 Å². The van der Waals surface area contributed by atoms with E-state index in [4.69, 9.17) is 5.11 Å². The Kier molecular flexibility index (Phi) is 4.38. The molecule has 2 rings (SSSR count). The Hall–Kier alpha value is -0.900. The second-order valence-corrected chi connectivity index (χ2v) is 5.91. The topological polar surface area (TPSA) is 37.3 Å². The Morgan fingerprint density at radius 3 is 2.61 bits per heavy atom. The van der Waals surface area contributed by atoms with E-state index in [1.165, 1.54) is 6.07 Å². The number of hydrogen-bond donors (Lipinski definition) is 1. The fraction of sp³-hybridized carbons (Fsp3) is 0.500. The minimum Gasteiger partial charge on any atom is -0.481 e. The lowest BCUT2D eigenvalue weighted by molar-refractivity contribution is -0.143. The van der Waals surface area contributed by atoms with Gasteiger partial charge in [-0.3, -0.25) is 4.79 Å². The Bertz CT molecular complexity index is 439. The predicted octanol–water partition coefficient (Wildman–Crippen LogP) is 4.02. The highest BCUT2D eigenvalue weighted by Crippen LogP contribution is 2.32. The lowest BCUT2D eigenvalue weighted by Crippen LogP contribution is -2.22. The third-order valence-electron chi connectivity index (χ3n) is 3.71. The highest BCUT2D eigenvalue weighted by Gasteiger charge is 2.26. The van der Waals surface area contributed by atoms with Crippen molar-refractivity contribution in [2.45, 2.75) is 32.1 Å². The SMILES string of the molecule is O=C(O)C1CCC(Cc2cc(Br)ccc2F)CC1. The molecule has 0 aromatic heterocycles. The van der Waals surface area contributed by atoms with E-state index in [0.717, 1.165) is 35.7 Å². The van der Waals surface area contributed by atoms with E-state index < -0.39 is 5.97 Å². The van der Waals surface area contributed by atoms with Crippen molar-refractivity contribution in [2.75, 3.05) is 0 Å². The van der Waals surface area contributed by atoms with Crippen LogP contribution >= 0.6 is 15.9 Å². The van der Waals surface area contributed by atoms with Crippen molar-refractivity contribution in [3.63, 3.8) is 0 Å². The summed E-state index contributed by atoms with van der Waals surface area (Å²) in [5, 5.41) is 8.93. The maximum Gasteiger partial charge on any atom is 0.306 e. The predicted molar refractivity (Wildman–Crippen MR) is 70.9 cm³/mol. The highest BCUT2D eigenvalue weighted by molar-refractivity contribution is 9.10. The van der Waals surface area contributed by atoms with Crippen molar-refractivity contribution in [3.05, 3.63) is 34.1 Å². The van der Waals surface area contributed by atoms with Crippen LogP contribution in [0.25, 0.3) is 0 Å². The first-order valence-electron chi connectivity index (χ1n) is 6.23. The molecular weight excluding hydrogens is 299 g/mol. The minimum absolute atomic E-state index is 0.168. The molecular formula is C14H16BrFO2. The molecule has 1 aromatic rings. The van der Waals surface area contributed by atoms with Crippen molar-refractivity contribution in [1.82, 2.24) is 0 Å². The Morgan fingerprint density at radius 1 is 1.33 bits per heavy atom. The summed E-state index contributed by atoms with van der Waals surface area (Å²) < 4.78 is 14.5.